The summed E-state index contributed by atoms with van der Waals surface area (Å²) in [6, 6.07) is 8.50. The molecular formula is C19H28ClN3. The maximum absolute atomic E-state index is 6.29. The average Bonchev–Trinajstić information content (AvgIpc) is 2.52. The van der Waals surface area contributed by atoms with E-state index >= 15 is 0 Å². The van der Waals surface area contributed by atoms with Gasteiger partial charge in [-0.25, -0.2) is 0 Å². The Morgan fingerprint density at radius 2 is 2.00 bits per heavy atom. The maximum Gasteiger partial charge on any atom is 0.0912 e. The zero-order valence-corrected chi connectivity index (χ0v) is 15.5. The molecule has 1 aromatic carbocycles. The van der Waals surface area contributed by atoms with Gasteiger partial charge in [0.25, 0.3) is 0 Å². The van der Waals surface area contributed by atoms with Crippen molar-refractivity contribution in [2.45, 2.75) is 46.6 Å². The second-order valence-electron chi connectivity index (χ2n) is 6.16. The van der Waals surface area contributed by atoms with Crippen LogP contribution in [-0.2, 0) is 0 Å². The molecule has 0 radical (unpaired) electrons. The Hall–Kier alpha value is -1.32. The highest BCUT2D eigenvalue weighted by Crippen LogP contribution is 2.29. The highest BCUT2D eigenvalue weighted by atomic mass is 35.5. The zero-order chi connectivity index (χ0) is 16.8. The minimum absolute atomic E-state index is 0.426. The highest BCUT2D eigenvalue weighted by Gasteiger charge is 2.10. The molecule has 0 spiro atoms. The molecule has 0 amide bonds. The lowest BCUT2D eigenvalue weighted by Gasteiger charge is -2.21. The predicted molar refractivity (Wildman–Crippen MR) is 102 cm³/mol. The molecule has 3 nitrogen and oxygen atoms in total. The van der Waals surface area contributed by atoms with Crippen LogP contribution in [0.3, 0.4) is 0 Å². The van der Waals surface area contributed by atoms with Gasteiger partial charge in [-0.3, -0.25) is 4.98 Å². The predicted octanol–water partition coefficient (Wildman–Crippen LogP) is 5.12. The Kier molecular flexibility index (Phi) is 6.67. The van der Waals surface area contributed by atoms with Crippen LogP contribution in [0.1, 0.15) is 39.3 Å². The average molecular weight is 334 g/mol. The van der Waals surface area contributed by atoms with E-state index in [9.17, 15) is 0 Å². The number of benzene rings is 1. The fourth-order valence-corrected chi connectivity index (χ4v) is 3.18. The van der Waals surface area contributed by atoms with E-state index in [2.05, 4.69) is 48.1 Å². The smallest absolute Gasteiger partial charge is 0.0912 e. The van der Waals surface area contributed by atoms with Crippen molar-refractivity contribution in [2.75, 3.05) is 25.0 Å². The van der Waals surface area contributed by atoms with Crippen LogP contribution in [0.5, 0.6) is 0 Å². The third-order valence-electron chi connectivity index (χ3n) is 4.33. The van der Waals surface area contributed by atoms with Crippen molar-refractivity contribution in [1.29, 1.82) is 0 Å². The summed E-state index contributed by atoms with van der Waals surface area (Å²) in [4.78, 5) is 7.04. The number of rotatable bonds is 8. The van der Waals surface area contributed by atoms with Gasteiger partial charge in [-0.1, -0.05) is 37.6 Å². The van der Waals surface area contributed by atoms with Crippen molar-refractivity contribution >= 4 is 28.2 Å². The van der Waals surface area contributed by atoms with E-state index in [0.29, 0.717) is 11.1 Å². The normalized spacial score (nSPS) is 12.8. The highest BCUT2D eigenvalue weighted by molar-refractivity contribution is 6.35. The van der Waals surface area contributed by atoms with Crippen molar-refractivity contribution in [3.05, 3.63) is 35.0 Å². The standard InChI is InChI=1S/C19H28ClN3/c1-5-23(6-2)12-8-9-14(3)21-18-13-15(4)22-19-16(18)10-7-11-17(19)20/h7,10-11,13-14H,5-6,8-9,12H2,1-4H3,(H,21,22). The van der Waals surface area contributed by atoms with E-state index in [1.807, 2.05) is 19.1 Å². The van der Waals surface area contributed by atoms with Crippen molar-refractivity contribution in [2.24, 2.45) is 0 Å². The van der Waals surface area contributed by atoms with Crippen molar-refractivity contribution in [1.82, 2.24) is 9.88 Å². The summed E-state index contributed by atoms with van der Waals surface area (Å²) in [7, 11) is 0. The van der Waals surface area contributed by atoms with Gasteiger partial charge in [-0.15, -0.1) is 0 Å². The summed E-state index contributed by atoms with van der Waals surface area (Å²) in [5.41, 5.74) is 3.00. The molecule has 1 aromatic heterocycles. The Labute approximate surface area is 145 Å². The van der Waals surface area contributed by atoms with Crippen LogP contribution in [0.15, 0.2) is 24.3 Å². The second-order valence-corrected chi connectivity index (χ2v) is 6.57. The molecule has 2 aromatic rings. The first-order chi connectivity index (χ1) is 11.0. The van der Waals surface area contributed by atoms with E-state index in [-0.39, 0.29) is 0 Å². The van der Waals surface area contributed by atoms with Gasteiger partial charge in [-0.05, 0) is 58.5 Å². The number of hydrogen-bond donors (Lipinski definition) is 1. The fourth-order valence-electron chi connectivity index (χ4n) is 2.96. The largest absolute Gasteiger partial charge is 0.382 e. The molecule has 0 aliphatic carbocycles. The molecule has 2 rings (SSSR count). The summed E-state index contributed by atoms with van der Waals surface area (Å²) in [6.07, 6.45) is 2.36. The number of nitrogens with one attached hydrogen (secondary N) is 1. The molecule has 1 unspecified atom stereocenters. The van der Waals surface area contributed by atoms with E-state index < -0.39 is 0 Å². The van der Waals surface area contributed by atoms with Crippen LogP contribution in [0.2, 0.25) is 5.02 Å². The molecule has 0 aliphatic rings. The number of aryl methyl sites for hydroxylation is 1. The SMILES string of the molecule is CCN(CC)CCCC(C)Nc1cc(C)nc2c(Cl)cccc12. The van der Waals surface area contributed by atoms with Gasteiger partial charge in [0.1, 0.15) is 0 Å². The van der Waals surface area contributed by atoms with E-state index in [0.717, 1.165) is 41.8 Å². The first-order valence-corrected chi connectivity index (χ1v) is 8.97. The molecule has 23 heavy (non-hydrogen) atoms. The molecule has 4 heteroatoms. The summed E-state index contributed by atoms with van der Waals surface area (Å²) in [5.74, 6) is 0. The van der Waals surface area contributed by atoms with E-state index in [1.165, 1.54) is 13.0 Å². The first-order valence-electron chi connectivity index (χ1n) is 8.59. The molecule has 0 aliphatic heterocycles. The summed E-state index contributed by atoms with van der Waals surface area (Å²) in [5, 5.41) is 5.45. The molecule has 0 bridgehead atoms. The molecular weight excluding hydrogens is 306 g/mol. The van der Waals surface area contributed by atoms with Crippen LogP contribution in [0.25, 0.3) is 10.9 Å². The Balaban J connectivity index is 2.05. The lowest BCUT2D eigenvalue weighted by atomic mass is 10.1. The van der Waals surface area contributed by atoms with Crippen LogP contribution in [-0.4, -0.2) is 35.6 Å². The summed E-state index contributed by atoms with van der Waals surface area (Å²) in [6.45, 7) is 12.1. The lowest BCUT2D eigenvalue weighted by molar-refractivity contribution is 0.295. The van der Waals surface area contributed by atoms with Crippen molar-refractivity contribution in [3.63, 3.8) is 0 Å². The number of nitrogens with zero attached hydrogens (tertiary/aromatic N) is 2. The molecule has 0 fully saturated rings. The van der Waals surface area contributed by atoms with E-state index in [4.69, 9.17) is 11.6 Å². The van der Waals surface area contributed by atoms with Gasteiger partial charge in [-0.2, -0.15) is 0 Å². The summed E-state index contributed by atoms with van der Waals surface area (Å²) >= 11 is 6.29. The van der Waals surface area contributed by atoms with Crippen LogP contribution in [0.4, 0.5) is 5.69 Å². The molecule has 1 N–H and O–H groups in total. The Morgan fingerprint density at radius 3 is 2.70 bits per heavy atom. The molecule has 0 saturated heterocycles. The molecule has 0 saturated carbocycles. The van der Waals surface area contributed by atoms with Gasteiger partial charge in [0.05, 0.1) is 10.5 Å². The van der Waals surface area contributed by atoms with Crippen LogP contribution in [0, 0.1) is 6.92 Å². The minimum atomic E-state index is 0.426. The number of pyridine rings is 1. The number of hydrogen-bond acceptors (Lipinski definition) is 3. The van der Waals surface area contributed by atoms with Gasteiger partial charge >= 0.3 is 0 Å². The van der Waals surface area contributed by atoms with Gasteiger partial charge in [0.2, 0.25) is 0 Å². The molecule has 1 atom stereocenters. The number of aromatic nitrogens is 1. The third-order valence-corrected chi connectivity index (χ3v) is 4.63. The van der Waals surface area contributed by atoms with Crippen LogP contribution < -0.4 is 5.32 Å². The Bertz CT molecular complexity index is 638. The zero-order valence-electron chi connectivity index (χ0n) is 14.7. The second kappa shape index (κ2) is 8.51. The monoisotopic (exact) mass is 333 g/mol. The van der Waals surface area contributed by atoms with E-state index in [1.54, 1.807) is 0 Å². The third kappa shape index (κ3) is 4.82. The molecule has 1 heterocycles. The topological polar surface area (TPSA) is 28.2 Å². The van der Waals surface area contributed by atoms with Gasteiger partial charge in [0, 0.05) is 22.8 Å². The van der Waals surface area contributed by atoms with Crippen LogP contribution >= 0.6 is 11.6 Å². The Morgan fingerprint density at radius 1 is 1.26 bits per heavy atom. The number of halogens is 1. The fraction of sp³-hybridized carbons (Fsp3) is 0.526. The lowest BCUT2D eigenvalue weighted by Crippen LogP contribution is -2.25. The number of para-hydroxylation sites is 1. The van der Waals surface area contributed by atoms with Gasteiger partial charge in [0.15, 0.2) is 0 Å². The van der Waals surface area contributed by atoms with Crippen molar-refractivity contribution < 1.29 is 0 Å². The maximum atomic E-state index is 6.29. The quantitative estimate of drug-likeness (QED) is 0.726. The van der Waals surface area contributed by atoms with Gasteiger partial charge < -0.3 is 10.2 Å². The summed E-state index contributed by atoms with van der Waals surface area (Å²) < 4.78 is 0. The number of fused-ring (bicyclic) bond motifs is 1. The number of anilines is 1. The minimum Gasteiger partial charge on any atom is -0.382 e. The molecule has 126 valence electrons. The first kappa shape index (κ1) is 18.0. The van der Waals surface area contributed by atoms with Crippen molar-refractivity contribution in [3.8, 4) is 0 Å².